The van der Waals surface area contributed by atoms with Crippen molar-refractivity contribution in [1.29, 1.82) is 0 Å². The lowest BCUT2D eigenvalue weighted by Gasteiger charge is -2.10. The maximum absolute atomic E-state index is 12.6. The molecule has 0 aliphatic heterocycles. The van der Waals surface area contributed by atoms with Gasteiger partial charge in [0.05, 0.1) is 25.5 Å². The van der Waals surface area contributed by atoms with E-state index in [0.29, 0.717) is 34.8 Å². The number of hydrogen-bond donors (Lipinski definition) is 1. The number of benzene rings is 3. The fraction of sp³-hybridized carbons (Fsp3) is 0.179. The second-order valence-electron chi connectivity index (χ2n) is 7.87. The molecule has 0 saturated heterocycles. The van der Waals surface area contributed by atoms with Crippen LogP contribution in [0.15, 0.2) is 82.3 Å². The molecule has 36 heavy (non-hydrogen) atoms. The molecule has 0 radical (unpaired) electrons. The molecule has 0 fully saturated rings. The van der Waals surface area contributed by atoms with Gasteiger partial charge in [0.1, 0.15) is 11.3 Å². The molecule has 0 saturated carbocycles. The molecule has 0 aliphatic rings. The van der Waals surface area contributed by atoms with Crippen molar-refractivity contribution in [3.8, 4) is 17.2 Å². The fourth-order valence-electron chi connectivity index (χ4n) is 3.34. The third-order valence-electron chi connectivity index (χ3n) is 5.28. The van der Waals surface area contributed by atoms with Gasteiger partial charge in [-0.1, -0.05) is 31.5 Å². The number of para-hydroxylation sites is 1. The molecular formula is C28H26N2O6. The lowest BCUT2D eigenvalue weighted by Crippen LogP contribution is -2.16. The summed E-state index contributed by atoms with van der Waals surface area (Å²) in [4.78, 5) is 24.9. The van der Waals surface area contributed by atoms with Gasteiger partial charge < -0.3 is 18.6 Å². The third-order valence-corrected chi connectivity index (χ3v) is 5.28. The first kappa shape index (κ1) is 24.5. The summed E-state index contributed by atoms with van der Waals surface area (Å²) >= 11 is 0. The van der Waals surface area contributed by atoms with Gasteiger partial charge in [-0.05, 0) is 66.6 Å². The number of amides is 1. The number of hydrogen-bond acceptors (Lipinski definition) is 7. The van der Waals surface area contributed by atoms with Crippen LogP contribution in [-0.2, 0) is 0 Å². The summed E-state index contributed by atoms with van der Waals surface area (Å²) < 4.78 is 22.0. The van der Waals surface area contributed by atoms with Crippen LogP contribution in [0.2, 0.25) is 0 Å². The van der Waals surface area contributed by atoms with Crippen molar-refractivity contribution in [2.24, 2.45) is 5.10 Å². The van der Waals surface area contributed by atoms with Crippen LogP contribution in [0.3, 0.4) is 0 Å². The van der Waals surface area contributed by atoms with Crippen molar-refractivity contribution in [2.75, 3.05) is 13.7 Å². The second-order valence-corrected chi connectivity index (χ2v) is 7.87. The van der Waals surface area contributed by atoms with Gasteiger partial charge in [-0.3, -0.25) is 4.79 Å². The number of esters is 1. The number of carbonyl (C=O) groups excluding carboxylic acids is 2. The van der Waals surface area contributed by atoms with Crippen molar-refractivity contribution < 1.29 is 28.2 Å². The first-order valence-electron chi connectivity index (χ1n) is 11.5. The smallest absolute Gasteiger partial charge is 0.343 e. The van der Waals surface area contributed by atoms with Gasteiger partial charge in [-0.15, -0.1) is 0 Å². The zero-order valence-electron chi connectivity index (χ0n) is 20.0. The Balaban J connectivity index is 1.36. The van der Waals surface area contributed by atoms with E-state index in [-0.39, 0.29) is 11.5 Å². The van der Waals surface area contributed by atoms with Crippen LogP contribution in [0.4, 0.5) is 0 Å². The zero-order chi connectivity index (χ0) is 25.3. The number of hydrazone groups is 1. The molecule has 3 aromatic carbocycles. The second kappa shape index (κ2) is 11.7. The summed E-state index contributed by atoms with van der Waals surface area (Å²) in [6, 6.07) is 20.7. The van der Waals surface area contributed by atoms with Gasteiger partial charge in [0.2, 0.25) is 0 Å². The Bertz CT molecular complexity index is 1340. The zero-order valence-corrected chi connectivity index (χ0v) is 20.0. The topological polar surface area (TPSA) is 99.4 Å². The average Bonchev–Trinajstić information content (AvgIpc) is 3.34. The maximum Gasteiger partial charge on any atom is 0.343 e. The van der Waals surface area contributed by atoms with E-state index in [2.05, 4.69) is 17.5 Å². The van der Waals surface area contributed by atoms with Crippen molar-refractivity contribution >= 4 is 29.1 Å². The average molecular weight is 487 g/mol. The Morgan fingerprint density at radius 1 is 1.00 bits per heavy atom. The molecular weight excluding hydrogens is 460 g/mol. The Kier molecular flexibility index (Phi) is 7.97. The molecule has 8 heteroatoms. The van der Waals surface area contributed by atoms with Gasteiger partial charge in [0, 0.05) is 5.39 Å². The van der Waals surface area contributed by atoms with Gasteiger partial charge in [-0.25, -0.2) is 10.2 Å². The highest BCUT2D eigenvalue weighted by Gasteiger charge is 2.14. The minimum Gasteiger partial charge on any atom is -0.494 e. The van der Waals surface area contributed by atoms with E-state index in [9.17, 15) is 9.59 Å². The monoisotopic (exact) mass is 486 g/mol. The fourth-order valence-corrected chi connectivity index (χ4v) is 3.34. The number of nitrogens with one attached hydrogen (secondary N) is 1. The molecule has 0 unspecified atom stereocenters. The third kappa shape index (κ3) is 6.09. The highest BCUT2D eigenvalue weighted by Crippen LogP contribution is 2.28. The van der Waals surface area contributed by atoms with Crippen LogP contribution in [0.1, 0.15) is 46.2 Å². The molecule has 0 spiro atoms. The van der Waals surface area contributed by atoms with Gasteiger partial charge in [0.25, 0.3) is 0 Å². The summed E-state index contributed by atoms with van der Waals surface area (Å²) in [5.74, 6) is 0.474. The summed E-state index contributed by atoms with van der Waals surface area (Å²) in [6.45, 7) is 2.73. The highest BCUT2D eigenvalue weighted by molar-refractivity contribution is 5.96. The number of unbranched alkanes of at least 4 members (excludes halogenated alkanes) is 1. The van der Waals surface area contributed by atoms with Crippen LogP contribution < -0.4 is 19.6 Å². The summed E-state index contributed by atoms with van der Waals surface area (Å²) in [5, 5.41) is 4.81. The molecule has 1 N–H and O–H groups in total. The standard InChI is InChI=1S/C28H26N2O6/c1-3-4-15-34-22-12-10-20(11-13-22)28(32)36-24-14-9-19(16-25(24)33-2)18-29-30-27(31)26-17-21-7-5-6-8-23(21)35-26/h5-14,16-18H,3-4,15H2,1-2H3,(H,30,31). The number of fused-ring (bicyclic) bond motifs is 1. The van der Waals surface area contributed by atoms with E-state index >= 15 is 0 Å². The lowest BCUT2D eigenvalue weighted by molar-refractivity contribution is 0.0729. The molecule has 0 atom stereocenters. The lowest BCUT2D eigenvalue weighted by atomic mass is 10.2. The van der Waals surface area contributed by atoms with Crippen molar-refractivity contribution in [2.45, 2.75) is 19.8 Å². The SMILES string of the molecule is CCCCOc1ccc(C(=O)Oc2ccc(C=NNC(=O)c3cc4ccccc4o3)cc2OC)cc1. The maximum atomic E-state index is 12.6. The highest BCUT2D eigenvalue weighted by atomic mass is 16.6. The van der Waals surface area contributed by atoms with Gasteiger partial charge in [-0.2, -0.15) is 5.10 Å². The minimum absolute atomic E-state index is 0.161. The molecule has 0 aliphatic carbocycles. The summed E-state index contributed by atoms with van der Waals surface area (Å²) in [7, 11) is 1.47. The van der Waals surface area contributed by atoms with Crippen LogP contribution in [0.25, 0.3) is 11.0 Å². The number of methoxy groups -OCH3 is 1. The number of carbonyl (C=O) groups is 2. The van der Waals surface area contributed by atoms with Crippen LogP contribution in [0.5, 0.6) is 17.2 Å². The van der Waals surface area contributed by atoms with Crippen molar-refractivity contribution in [3.63, 3.8) is 0 Å². The molecule has 1 aromatic heterocycles. The number of ether oxygens (including phenoxy) is 3. The van der Waals surface area contributed by atoms with Crippen molar-refractivity contribution in [1.82, 2.24) is 5.43 Å². The molecule has 8 nitrogen and oxygen atoms in total. The molecule has 1 amide bonds. The molecule has 4 aromatic rings. The Morgan fingerprint density at radius 3 is 2.56 bits per heavy atom. The van der Waals surface area contributed by atoms with E-state index in [1.54, 1.807) is 54.6 Å². The normalized spacial score (nSPS) is 10.9. The predicted octanol–water partition coefficient (Wildman–Crippen LogP) is 5.60. The van der Waals surface area contributed by atoms with Crippen LogP contribution in [-0.4, -0.2) is 31.8 Å². The Hall–Kier alpha value is -4.59. The summed E-state index contributed by atoms with van der Waals surface area (Å²) in [5.41, 5.74) is 4.08. The first-order chi connectivity index (χ1) is 17.6. The Morgan fingerprint density at radius 2 is 1.81 bits per heavy atom. The summed E-state index contributed by atoms with van der Waals surface area (Å²) in [6.07, 6.45) is 3.47. The van der Waals surface area contributed by atoms with E-state index in [1.807, 2.05) is 18.2 Å². The molecule has 1 heterocycles. The van der Waals surface area contributed by atoms with Crippen molar-refractivity contribution in [3.05, 3.63) is 89.7 Å². The van der Waals surface area contributed by atoms with Crippen LogP contribution in [0, 0.1) is 0 Å². The van der Waals surface area contributed by atoms with E-state index in [4.69, 9.17) is 18.6 Å². The quantitative estimate of drug-likeness (QED) is 0.103. The first-order valence-corrected chi connectivity index (χ1v) is 11.5. The molecule has 4 rings (SSSR count). The van der Waals surface area contributed by atoms with Gasteiger partial charge >= 0.3 is 11.9 Å². The minimum atomic E-state index is -0.520. The number of nitrogens with zero attached hydrogens (tertiary/aromatic N) is 1. The predicted molar refractivity (Wildman–Crippen MR) is 136 cm³/mol. The Labute approximate surface area is 208 Å². The molecule has 184 valence electrons. The van der Waals surface area contributed by atoms with E-state index in [1.165, 1.54) is 13.3 Å². The van der Waals surface area contributed by atoms with Gasteiger partial charge in [0.15, 0.2) is 17.3 Å². The largest absolute Gasteiger partial charge is 0.494 e. The van der Waals surface area contributed by atoms with Crippen LogP contribution >= 0.6 is 0 Å². The number of rotatable bonds is 10. The number of furan rings is 1. The van der Waals surface area contributed by atoms with E-state index < -0.39 is 11.9 Å². The van der Waals surface area contributed by atoms with E-state index in [0.717, 1.165) is 18.2 Å². The molecule has 0 bridgehead atoms.